The third-order valence-corrected chi connectivity index (χ3v) is 5.55. The van der Waals surface area contributed by atoms with Gasteiger partial charge in [0.2, 0.25) is 0 Å². The quantitative estimate of drug-likeness (QED) is 0.361. The van der Waals surface area contributed by atoms with Gasteiger partial charge in [-0.15, -0.1) is 0 Å². The lowest BCUT2D eigenvalue weighted by Crippen LogP contribution is -2.34. The monoisotopic (exact) mass is 422 g/mol. The Bertz CT molecular complexity index is 921. The lowest BCUT2D eigenvalue weighted by atomic mass is 9.87. The summed E-state index contributed by atoms with van der Waals surface area (Å²) in [6.07, 6.45) is 0. The maximum absolute atomic E-state index is 13.2. The molecule has 0 aliphatic rings. The fourth-order valence-electron chi connectivity index (χ4n) is 2.29. The molecule has 2 unspecified atom stereocenters. The van der Waals surface area contributed by atoms with Gasteiger partial charge < -0.3 is 14.2 Å². The SMILES string of the molecule is CC(NP(=O)(Oc1ccc([N+](=O)[O-])cc1)Oc1ccc(C(C)(C)C)cc1)C(=O)O. The predicted molar refractivity (Wildman–Crippen MR) is 107 cm³/mol. The van der Waals surface area contributed by atoms with Crippen LogP contribution in [0.5, 0.6) is 11.5 Å². The molecule has 0 heterocycles. The van der Waals surface area contributed by atoms with Crippen molar-refractivity contribution in [3.63, 3.8) is 0 Å². The van der Waals surface area contributed by atoms with E-state index in [2.05, 4.69) is 5.09 Å². The van der Waals surface area contributed by atoms with Gasteiger partial charge in [-0.3, -0.25) is 14.9 Å². The first-order valence-corrected chi connectivity index (χ1v) is 10.3. The van der Waals surface area contributed by atoms with Crippen LogP contribution < -0.4 is 14.1 Å². The Labute approximate surface area is 168 Å². The zero-order valence-electron chi connectivity index (χ0n) is 16.5. The van der Waals surface area contributed by atoms with E-state index >= 15 is 0 Å². The van der Waals surface area contributed by atoms with Crippen molar-refractivity contribution in [2.24, 2.45) is 0 Å². The second kappa shape index (κ2) is 8.63. The zero-order valence-corrected chi connectivity index (χ0v) is 17.4. The van der Waals surface area contributed by atoms with Gasteiger partial charge in [-0.2, -0.15) is 5.09 Å². The molecular weight excluding hydrogens is 399 g/mol. The molecule has 2 atom stereocenters. The number of rotatable bonds is 8. The molecule has 0 bridgehead atoms. The topological polar surface area (TPSA) is 128 Å². The lowest BCUT2D eigenvalue weighted by molar-refractivity contribution is -0.384. The molecular formula is C19H23N2O7P. The van der Waals surface area contributed by atoms with Crippen LogP contribution in [0.25, 0.3) is 0 Å². The molecule has 156 valence electrons. The predicted octanol–water partition coefficient (Wildman–Crippen LogP) is 4.52. The number of nitro benzene ring substituents is 1. The number of nitrogens with zero attached hydrogens (tertiary/aromatic N) is 1. The number of aliphatic carboxylic acids is 1. The van der Waals surface area contributed by atoms with Gasteiger partial charge in [0.05, 0.1) is 4.92 Å². The summed E-state index contributed by atoms with van der Waals surface area (Å²) in [4.78, 5) is 21.4. The summed E-state index contributed by atoms with van der Waals surface area (Å²) in [5, 5.41) is 22.2. The molecule has 2 aromatic rings. The minimum Gasteiger partial charge on any atom is -0.480 e. The fourth-order valence-corrected chi connectivity index (χ4v) is 3.81. The highest BCUT2D eigenvalue weighted by Crippen LogP contribution is 2.45. The number of carboxylic acids is 1. The minimum atomic E-state index is -4.17. The maximum Gasteiger partial charge on any atom is 0.513 e. The highest BCUT2D eigenvalue weighted by atomic mass is 31.2. The van der Waals surface area contributed by atoms with Crippen LogP contribution in [-0.2, 0) is 14.8 Å². The average Bonchev–Trinajstić information content (AvgIpc) is 2.61. The van der Waals surface area contributed by atoms with Gasteiger partial charge in [-0.05, 0) is 42.2 Å². The Kier molecular flexibility index (Phi) is 6.66. The van der Waals surface area contributed by atoms with Gasteiger partial charge in [0.15, 0.2) is 0 Å². The number of carbonyl (C=O) groups is 1. The number of benzene rings is 2. The second-order valence-corrected chi connectivity index (χ2v) is 9.01. The van der Waals surface area contributed by atoms with Crippen molar-refractivity contribution in [3.05, 3.63) is 64.2 Å². The van der Waals surface area contributed by atoms with E-state index in [4.69, 9.17) is 14.2 Å². The van der Waals surface area contributed by atoms with Crippen LogP contribution in [0.2, 0.25) is 0 Å². The average molecular weight is 422 g/mol. The molecule has 2 rings (SSSR count). The number of nitrogens with one attached hydrogen (secondary N) is 1. The first-order valence-electron chi connectivity index (χ1n) is 8.74. The molecule has 0 fully saturated rings. The molecule has 0 aliphatic heterocycles. The van der Waals surface area contributed by atoms with E-state index < -0.39 is 24.7 Å². The van der Waals surface area contributed by atoms with E-state index in [1.807, 2.05) is 32.9 Å². The summed E-state index contributed by atoms with van der Waals surface area (Å²) in [6, 6.07) is 10.5. The Morgan fingerprint density at radius 3 is 1.90 bits per heavy atom. The summed E-state index contributed by atoms with van der Waals surface area (Å²) in [6.45, 7) is 7.42. The number of carboxylic acid groups (broad SMARTS) is 1. The van der Waals surface area contributed by atoms with Gasteiger partial charge in [0.25, 0.3) is 5.69 Å². The Morgan fingerprint density at radius 2 is 1.52 bits per heavy atom. The summed E-state index contributed by atoms with van der Waals surface area (Å²) in [5.41, 5.74) is 0.772. The molecule has 9 nitrogen and oxygen atoms in total. The Morgan fingerprint density at radius 1 is 1.07 bits per heavy atom. The van der Waals surface area contributed by atoms with Crippen molar-refractivity contribution in [3.8, 4) is 11.5 Å². The summed E-state index contributed by atoms with van der Waals surface area (Å²) in [7, 11) is -4.17. The van der Waals surface area contributed by atoms with Crippen molar-refractivity contribution in [2.45, 2.75) is 39.2 Å². The number of nitro groups is 1. The highest BCUT2D eigenvalue weighted by molar-refractivity contribution is 7.52. The fraction of sp³-hybridized carbons (Fsp3) is 0.316. The van der Waals surface area contributed by atoms with E-state index in [1.165, 1.54) is 31.2 Å². The van der Waals surface area contributed by atoms with Crippen molar-refractivity contribution in [1.82, 2.24) is 5.09 Å². The van der Waals surface area contributed by atoms with Crippen LogP contribution in [0.15, 0.2) is 48.5 Å². The Balaban J connectivity index is 2.28. The largest absolute Gasteiger partial charge is 0.513 e. The summed E-state index contributed by atoms with van der Waals surface area (Å²) in [5.74, 6) is -1.01. The van der Waals surface area contributed by atoms with E-state index in [9.17, 15) is 19.5 Å². The van der Waals surface area contributed by atoms with E-state index in [1.54, 1.807) is 12.1 Å². The molecule has 10 heteroatoms. The van der Waals surface area contributed by atoms with Crippen LogP contribution in [0.1, 0.15) is 33.3 Å². The molecule has 0 spiro atoms. The summed E-state index contributed by atoms with van der Waals surface area (Å²) < 4.78 is 24.1. The molecule has 0 radical (unpaired) electrons. The normalized spacial score (nSPS) is 14.5. The first-order chi connectivity index (χ1) is 13.4. The molecule has 0 amide bonds. The van der Waals surface area contributed by atoms with Crippen LogP contribution in [0, 0.1) is 10.1 Å². The van der Waals surface area contributed by atoms with Crippen LogP contribution in [0.4, 0.5) is 5.69 Å². The minimum absolute atomic E-state index is 0.0235. The third-order valence-electron chi connectivity index (χ3n) is 3.94. The van der Waals surface area contributed by atoms with Crippen molar-refractivity contribution < 1.29 is 28.4 Å². The van der Waals surface area contributed by atoms with Gasteiger partial charge in [0.1, 0.15) is 17.5 Å². The van der Waals surface area contributed by atoms with Crippen molar-refractivity contribution in [1.29, 1.82) is 0 Å². The van der Waals surface area contributed by atoms with Crippen molar-refractivity contribution in [2.75, 3.05) is 0 Å². The van der Waals surface area contributed by atoms with E-state index in [0.29, 0.717) is 0 Å². The number of hydrogen-bond donors (Lipinski definition) is 2. The van der Waals surface area contributed by atoms with Crippen molar-refractivity contribution >= 4 is 19.4 Å². The van der Waals surface area contributed by atoms with Gasteiger partial charge in [0, 0.05) is 12.1 Å². The molecule has 2 aromatic carbocycles. The van der Waals surface area contributed by atoms with Crippen LogP contribution in [0.3, 0.4) is 0 Å². The van der Waals surface area contributed by atoms with E-state index in [0.717, 1.165) is 5.56 Å². The second-order valence-electron chi connectivity index (χ2n) is 7.39. The van der Waals surface area contributed by atoms with Gasteiger partial charge >= 0.3 is 13.7 Å². The van der Waals surface area contributed by atoms with Gasteiger partial charge in [-0.1, -0.05) is 32.9 Å². The van der Waals surface area contributed by atoms with Crippen LogP contribution >= 0.6 is 7.75 Å². The molecule has 29 heavy (non-hydrogen) atoms. The maximum atomic E-state index is 13.2. The molecule has 0 aliphatic carbocycles. The number of hydrogen-bond acceptors (Lipinski definition) is 6. The summed E-state index contributed by atoms with van der Waals surface area (Å²) >= 11 is 0. The lowest BCUT2D eigenvalue weighted by Gasteiger charge is -2.23. The third kappa shape index (κ3) is 6.30. The molecule has 0 aromatic heterocycles. The molecule has 0 saturated heterocycles. The number of non-ortho nitro benzene ring substituents is 1. The molecule has 0 saturated carbocycles. The Hall–Kier alpha value is -2.90. The molecule has 2 N–H and O–H groups in total. The standard InChI is InChI=1S/C19H23N2O7P/c1-13(18(22)23)20-29(26,28-17-11-7-15(8-12-17)21(24)25)27-16-9-5-14(6-10-16)19(2,3)4/h5-13H,1-4H3,(H,20,26)(H,22,23). The van der Waals surface area contributed by atoms with Gasteiger partial charge in [-0.25, -0.2) is 4.57 Å². The smallest absolute Gasteiger partial charge is 0.480 e. The van der Waals surface area contributed by atoms with E-state index in [-0.39, 0.29) is 22.6 Å². The zero-order chi connectivity index (χ0) is 21.8. The van der Waals surface area contributed by atoms with Crippen LogP contribution in [-0.4, -0.2) is 22.0 Å². The highest BCUT2D eigenvalue weighted by Gasteiger charge is 2.33. The first kappa shape index (κ1) is 22.4.